The highest BCUT2D eigenvalue weighted by Gasteiger charge is 2.25. The molecule has 0 saturated carbocycles. The summed E-state index contributed by atoms with van der Waals surface area (Å²) in [6.07, 6.45) is 1.49. The van der Waals surface area contributed by atoms with Crippen molar-refractivity contribution < 1.29 is 9.59 Å². The molecule has 11 heteroatoms. The first-order valence-corrected chi connectivity index (χ1v) is 11.6. The molecule has 4 aromatic rings. The highest BCUT2D eigenvalue weighted by molar-refractivity contribution is 7.12. The molecule has 2 amide bonds. The van der Waals surface area contributed by atoms with Gasteiger partial charge < -0.3 is 15.1 Å². The van der Waals surface area contributed by atoms with E-state index in [1.54, 1.807) is 33.7 Å². The molecule has 0 bridgehead atoms. The van der Waals surface area contributed by atoms with Crippen LogP contribution in [0.5, 0.6) is 0 Å². The summed E-state index contributed by atoms with van der Waals surface area (Å²) in [5.41, 5.74) is 1.76. The molecule has 0 aliphatic carbocycles. The lowest BCUT2D eigenvalue weighted by atomic mass is 10.1. The summed E-state index contributed by atoms with van der Waals surface area (Å²) in [6, 6.07) is 10.5. The number of aromatic nitrogens is 4. The molecule has 0 spiro atoms. The second-order valence-corrected chi connectivity index (χ2v) is 8.99. The lowest BCUT2D eigenvalue weighted by Gasteiger charge is -2.36. The van der Waals surface area contributed by atoms with Crippen molar-refractivity contribution in [1.82, 2.24) is 24.5 Å². The van der Waals surface area contributed by atoms with Gasteiger partial charge in [0.15, 0.2) is 0 Å². The largest absolute Gasteiger partial charge is 0.353 e. The molecule has 9 nitrogen and oxygen atoms in total. The second kappa shape index (κ2) is 8.80. The smallest absolute Gasteiger partial charge is 0.265 e. The van der Waals surface area contributed by atoms with Crippen molar-refractivity contribution in [3.63, 3.8) is 0 Å². The van der Waals surface area contributed by atoms with Crippen molar-refractivity contribution in [2.45, 2.75) is 6.92 Å². The average Bonchev–Trinajstić information content (AvgIpc) is 3.52. The van der Waals surface area contributed by atoms with Gasteiger partial charge in [0.2, 0.25) is 0 Å². The number of carbonyl (C=O) groups excluding carboxylic acids is 2. The van der Waals surface area contributed by atoms with Crippen LogP contribution < -0.4 is 10.2 Å². The summed E-state index contributed by atoms with van der Waals surface area (Å²) >= 11 is 7.61. The van der Waals surface area contributed by atoms with E-state index in [1.165, 1.54) is 17.7 Å². The Balaban J connectivity index is 1.29. The van der Waals surface area contributed by atoms with Gasteiger partial charge in [0.25, 0.3) is 17.6 Å². The van der Waals surface area contributed by atoms with Crippen LogP contribution in [0.2, 0.25) is 5.02 Å². The minimum atomic E-state index is -0.253. The van der Waals surface area contributed by atoms with E-state index in [0.29, 0.717) is 53.1 Å². The Morgan fingerprint density at radius 3 is 2.70 bits per heavy atom. The first-order chi connectivity index (χ1) is 16.0. The van der Waals surface area contributed by atoms with E-state index in [2.05, 4.69) is 25.3 Å². The Labute approximate surface area is 198 Å². The summed E-state index contributed by atoms with van der Waals surface area (Å²) in [4.78, 5) is 38.7. The summed E-state index contributed by atoms with van der Waals surface area (Å²) in [7, 11) is 0. The number of amides is 2. The van der Waals surface area contributed by atoms with Crippen molar-refractivity contribution in [3.8, 4) is 0 Å². The van der Waals surface area contributed by atoms with E-state index < -0.39 is 0 Å². The normalized spacial score (nSPS) is 14.0. The molecule has 1 aromatic carbocycles. The highest BCUT2D eigenvalue weighted by Crippen LogP contribution is 2.26. The van der Waals surface area contributed by atoms with Crippen molar-refractivity contribution in [1.29, 1.82) is 0 Å². The van der Waals surface area contributed by atoms with Crippen molar-refractivity contribution in [3.05, 3.63) is 69.3 Å². The van der Waals surface area contributed by atoms with Crippen LogP contribution in [-0.4, -0.2) is 62.5 Å². The molecular formula is C22H20ClN7O2S. The van der Waals surface area contributed by atoms with Crippen LogP contribution in [0.25, 0.3) is 5.78 Å². The topological polar surface area (TPSA) is 95.7 Å². The number of nitrogens with one attached hydrogen (secondary N) is 1. The number of rotatable bonds is 4. The van der Waals surface area contributed by atoms with Gasteiger partial charge in [0.1, 0.15) is 12.1 Å². The number of piperazine rings is 1. The maximum Gasteiger partial charge on any atom is 0.265 e. The molecule has 0 atom stereocenters. The quantitative estimate of drug-likeness (QED) is 0.480. The summed E-state index contributed by atoms with van der Waals surface area (Å²) < 4.78 is 1.71. The number of hydrogen-bond acceptors (Lipinski definition) is 7. The fraction of sp³-hybridized carbons (Fsp3) is 0.227. The van der Waals surface area contributed by atoms with E-state index in [0.717, 1.165) is 11.5 Å². The zero-order valence-electron chi connectivity index (χ0n) is 17.7. The van der Waals surface area contributed by atoms with Gasteiger partial charge >= 0.3 is 0 Å². The van der Waals surface area contributed by atoms with Gasteiger partial charge in [-0.1, -0.05) is 17.7 Å². The van der Waals surface area contributed by atoms with E-state index in [1.807, 2.05) is 24.4 Å². The molecule has 0 unspecified atom stereocenters. The Morgan fingerprint density at radius 2 is 1.94 bits per heavy atom. The van der Waals surface area contributed by atoms with Gasteiger partial charge in [-0.25, -0.2) is 4.98 Å². The fourth-order valence-corrected chi connectivity index (χ4v) is 4.59. The molecular weight excluding hydrogens is 462 g/mol. The number of halogens is 1. The number of fused-ring (bicyclic) bond motifs is 1. The standard InChI is InChI=1S/C22H20ClN7O2S/c1-14-11-19(30-22(26-14)24-13-25-30)28-6-8-29(9-7-28)21(32)15-4-5-16(23)17(12-15)27-20(31)18-3-2-10-33-18/h2-5,10-13H,6-9H2,1H3,(H,27,31). The van der Waals surface area contributed by atoms with Crippen LogP contribution >= 0.6 is 22.9 Å². The molecule has 1 fully saturated rings. The molecule has 168 valence electrons. The molecule has 4 heterocycles. The number of anilines is 2. The van der Waals surface area contributed by atoms with E-state index in [9.17, 15) is 9.59 Å². The molecule has 5 rings (SSSR count). The second-order valence-electron chi connectivity index (χ2n) is 7.63. The highest BCUT2D eigenvalue weighted by atomic mass is 35.5. The Morgan fingerprint density at radius 1 is 1.12 bits per heavy atom. The summed E-state index contributed by atoms with van der Waals surface area (Å²) in [6.45, 7) is 4.33. The number of aryl methyl sites for hydroxylation is 1. The maximum absolute atomic E-state index is 13.2. The van der Waals surface area contributed by atoms with Gasteiger partial charge in [-0.05, 0) is 36.6 Å². The lowest BCUT2D eigenvalue weighted by molar-refractivity contribution is 0.0746. The van der Waals surface area contributed by atoms with Gasteiger partial charge in [-0.15, -0.1) is 11.3 Å². The van der Waals surface area contributed by atoms with Gasteiger partial charge in [0.05, 0.1) is 15.6 Å². The summed E-state index contributed by atoms with van der Waals surface area (Å²) in [5.74, 6) is 1.11. The lowest BCUT2D eigenvalue weighted by Crippen LogP contribution is -2.49. The molecule has 1 aliphatic rings. The SMILES string of the molecule is Cc1cc(N2CCN(C(=O)c3ccc(Cl)c(NC(=O)c4cccs4)c3)CC2)n2ncnc2n1. The third kappa shape index (κ3) is 4.27. The molecule has 33 heavy (non-hydrogen) atoms. The fourth-order valence-electron chi connectivity index (χ4n) is 3.80. The molecule has 1 N–H and O–H groups in total. The van der Waals surface area contributed by atoms with Crippen molar-refractivity contribution in [2.24, 2.45) is 0 Å². The van der Waals surface area contributed by atoms with E-state index >= 15 is 0 Å². The molecule has 1 saturated heterocycles. The van der Waals surface area contributed by atoms with E-state index in [-0.39, 0.29) is 11.8 Å². The van der Waals surface area contributed by atoms with Gasteiger partial charge in [-0.2, -0.15) is 14.6 Å². The number of nitrogens with zero attached hydrogens (tertiary/aromatic N) is 6. The Bertz CT molecular complexity index is 1330. The first kappa shape index (κ1) is 21.4. The van der Waals surface area contributed by atoms with Crippen LogP contribution in [0.4, 0.5) is 11.5 Å². The molecule has 0 radical (unpaired) electrons. The predicted molar refractivity (Wildman–Crippen MR) is 127 cm³/mol. The third-order valence-electron chi connectivity index (χ3n) is 5.46. The van der Waals surface area contributed by atoms with Crippen molar-refractivity contribution >= 4 is 52.0 Å². The maximum atomic E-state index is 13.2. The van der Waals surface area contributed by atoms with Crippen LogP contribution in [0.1, 0.15) is 25.7 Å². The number of benzene rings is 1. The van der Waals surface area contributed by atoms with Crippen LogP contribution in [-0.2, 0) is 0 Å². The predicted octanol–water partition coefficient (Wildman–Crippen LogP) is 3.36. The first-order valence-electron chi connectivity index (χ1n) is 10.4. The summed E-state index contributed by atoms with van der Waals surface area (Å²) in [5, 5.41) is 9.28. The van der Waals surface area contributed by atoms with Crippen molar-refractivity contribution in [2.75, 3.05) is 36.4 Å². The van der Waals surface area contributed by atoms with Crippen LogP contribution in [0.15, 0.2) is 48.1 Å². The Kier molecular flexibility index (Phi) is 5.69. The number of hydrogen-bond donors (Lipinski definition) is 1. The number of thiophene rings is 1. The average molecular weight is 482 g/mol. The van der Waals surface area contributed by atoms with E-state index in [4.69, 9.17) is 11.6 Å². The zero-order chi connectivity index (χ0) is 22.9. The minimum absolute atomic E-state index is 0.102. The third-order valence-corrected chi connectivity index (χ3v) is 6.66. The molecule has 3 aromatic heterocycles. The van der Waals surface area contributed by atoms with Crippen LogP contribution in [0.3, 0.4) is 0 Å². The van der Waals surface area contributed by atoms with Gasteiger partial charge in [-0.3, -0.25) is 9.59 Å². The zero-order valence-corrected chi connectivity index (χ0v) is 19.3. The monoisotopic (exact) mass is 481 g/mol. The molecule has 1 aliphatic heterocycles. The Hall–Kier alpha value is -3.50. The van der Waals surface area contributed by atoms with Crippen LogP contribution in [0, 0.1) is 6.92 Å². The minimum Gasteiger partial charge on any atom is -0.353 e. The van der Waals surface area contributed by atoms with Gasteiger partial charge in [0, 0.05) is 43.5 Å². The number of carbonyl (C=O) groups is 2.